The number of rotatable bonds is 3. The van der Waals surface area contributed by atoms with Crippen LogP contribution >= 0.6 is 0 Å². The highest BCUT2D eigenvalue weighted by Crippen LogP contribution is 2.42. The van der Waals surface area contributed by atoms with Crippen LogP contribution in [0.5, 0.6) is 0 Å². The van der Waals surface area contributed by atoms with Gasteiger partial charge < -0.3 is 9.47 Å². The number of hydrogen-bond acceptors (Lipinski definition) is 2. The lowest BCUT2D eigenvalue weighted by atomic mass is 9.75. The summed E-state index contributed by atoms with van der Waals surface area (Å²) in [5, 5.41) is 0. The van der Waals surface area contributed by atoms with Gasteiger partial charge in [0.1, 0.15) is 0 Å². The SMILES string of the molecule is CCC1CCC(c2c(C)cccc2C2OCCO2)CC1. The van der Waals surface area contributed by atoms with Crippen LogP contribution < -0.4 is 0 Å². The molecule has 3 rings (SSSR count). The van der Waals surface area contributed by atoms with Crippen molar-refractivity contribution in [3.8, 4) is 0 Å². The quantitative estimate of drug-likeness (QED) is 0.793. The summed E-state index contributed by atoms with van der Waals surface area (Å²) in [7, 11) is 0. The van der Waals surface area contributed by atoms with Gasteiger partial charge in [0, 0.05) is 5.56 Å². The van der Waals surface area contributed by atoms with E-state index < -0.39 is 0 Å². The van der Waals surface area contributed by atoms with Crippen molar-refractivity contribution < 1.29 is 9.47 Å². The number of ether oxygens (including phenoxy) is 2. The third kappa shape index (κ3) is 2.77. The molecule has 0 unspecified atom stereocenters. The first-order valence-corrected chi connectivity index (χ1v) is 8.12. The van der Waals surface area contributed by atoms with Gasteiger partial charge in [-0.15, -0.1) is 0 Å². The van der Waals surface area contributed by atoms with E-state index in [0.717, 1.165) is 19.1 Å². The number of hydrogen-bond donors (Lipinski definition) is 0. The summed E-state index contributed by atoms with van der Waals surface area (Å²) in [4.78, 5) is 0. The van der Waals surface area contributed by atoms with Gasteiger partial charge >= 0.3 is 0 Å². The maximum absolute atomic E-state index is 5.75. The maximum Gasteiger partial charge on any atom is 0.184 e. The summed E-state index contributed by atoms with van der Waals surface area (Å²) in [6.07, 6.45) is 6.60. The molecule has 0 spiro atoms. The molecule has 20 heavy (non-hydrogen) atoms. The van der Waals surface area contributed by atoms with E-state index in [0.29, 0.717) is 5.92 Å². The summed E-state index contributed by atoms with van der Waals surface area (Å²) in [6, 6.07) is 6.57. The van der Waals surface area contributed by atoms with Gasteiger partial charge in [-0.3, -0.25) is 0 Å². The monoisotopic (exact) mass is 274 g/mol. The van der Waals surface area contributed by atoms with E-state index in [9.17, 15) is 0 Å². The van der Waals surface area contributed by atoms with E-state index in [4.69, 9.17) is 9.47 Å². The van der Waals surface area contributed by atoms with Crippen molar-refractivity contribution in [2.45, 2.75) is 58.2 Å². The molecule has 0 radical (unpaired) electrons. The molecule has 1 saturated heterocycles. The molecule has 1 aromatic rings. The second-order valence-electron chi connectivity index (χ2n) is 6.28. The highest BCUT2D eigenvalue weighted by atomic mass is 16.7. The smallest absolute Gasteiger partial charge is 0.184 e. The normalized spacial score (nSPS) is 27.9. The maximum atomic E-state index is 5.75. The van der Waals surface area contributed by atoms with Crippen molar-refractivity contribution in [3.05, 3.63) is 34.9 Å². The molecule has 0 N–H and O–H groups in total. The molecule has 0 atom stereocenters. The molecule has 1 aliphatic carbocycles. The molecule has 2 nitrogen and oxygen atoms in total. The summed E-state index contributed by atoms with van der Waals surface area (Å²) < 4.78 is 11.5. The van der Waals surface area contributed by atoms with Crippen LogP contribution in [0.2, 0.25) is 0 Å². The highest BCUT2D eigenvalue weighted by Gasteiger charge is 2.28. The molecular formula is C18H26O2. The molecule has 1 heterocycles. The Balaban J connectivity index is 1.84. The highest BCUT2D eigenvalue weighted by molar-refractivity contribution is 5.38. The van der Waals surface area contributed by atoms with Gasteiger partial charge in [-0.05, 0) is 55.6 Å². The molecule has 0 bridgehead atoms. The van der Waals surface area contributed by atoms with Crippen molar-refractivity contribution in [2.24, 2.45) is 5.92 Å². The van der Waals surface area contributed by atoms with Gasteiger partial charge in [0.25, 0.3) is 0 Å². The first kappa shape index (κ1) is 14.1. The van der Waals surface area contributed by atoms with Crippen molar-refractivity contribution >= 4 is 0 Å². The Hall–Kier alpha value is -0.860. The first-order valence-electron chi connectivity index (χ1n) is 8.12. The van der Waals surface area contributed by atoms with Crippen LogP contribution in [0.15, 0.2) is 18.2 Å². The van der Waals surface area contributed by atoms with Gasteiger partial charge in [-0.25, -0.2) is 0 Å². The Bertz CT molecular complexity index is 441. The summed E-state index contributed by atoms with van der Waals surface area (Å²) >= 11 is 0. The number of benzene rings is 1. The Morgan fingerprint density at radius 1 is 1.05 bits per heavy atom. The van der Waals surface area contributed by atoms with E-state index in [2.05, 4.69) is 32.0 Å². The molecule has 2 fully saturated rings. The molecule has 110 valence electrons. The van der Waals surface area contributed by atoms with Crippen molar-refractivity contribution in [3.63, 3.8) is 0 Å². The Labute approximate surface area is 122 Å². The second-order valence-corrected chi connectivity index (χ2v) is 6.28. The minimum Gasteiger partial charge on any atom is -0.346 e. The zero-order valence-electron chi connectivity index (χ0n) is 12.7. The van der Waals surface area contributed by atoms with Gasteiger partial charge in [-0.2, -0.15) is 0 Å². The fourth-order valence-electron chi connectivity index (χ4n) is 3.86. The lowest BCUT2D eigenvalue weighted by Crippen LogP contribution is -2.16. The van der Waals surface area contributed by atoms with E-state index >= 15 is 0 Å². The van der Waals surface area contributed by atoms with Crippen LogP contribution in [-0.2, 0) is 9.47 Å². The summed E-state index contributed by atoms with van der Waals surface area (Å²) in [6.45, 7) is 6.01. The van der Waals surface area contributed by atoms with Crippen LogP contribution in [0.4, 0.5) is 0 Å². The van der Waals surface area contributed by atoms with Crippen LogP contribution in [0.1, 0.15) is 67.9 Å². The van der Waals surface area contributed by atoms with Gasteiger partial charge in [0.05, 0.1) is 13.2 Å². The largest absolute Gasteiger partial charge is 0.346 e. The average Bonchev–Trinajstić information content (AvgIpc) is 3.01. The van der Waals surface area contributed by atoms with E-state index in [1.54, 1.807) is 0 Å². The molecule has 1 aromatic carbocycles. The molecular weight excluding hydrogens is 248 g/mol. The first-order chi connectivity index (χ1) is 9.79. The minimum absolute atomic E-state index is 0.131. The second kappa shape index (κ2) is 6.28. The molecule has 2 aliphatic rings. The fraction of sp³-hybridized carbons (Fsp3) is 0.667. The third-order valence-electron chi connectivity index (χ3n) is 5.07. The van der Waals surface area contributed by atoms with E-state index in [1.165, 1.54) is 48.8 Å². The summed E-state index contributed by atoms with van der Waals surface area (Å²) in [5.41, 5.74) is 4.19. The van der Waals surface area contributed by atoms with Gasteiger partial charge in [0.2, 0.25) is 0 Å². The Kier molecular flexibility index (Phi) is 4.42. The molecule has 2 heteroatoms. The van der Waals surface area contributed by atoms with E-state index in [1.807, 2.05) is 0 Å². The topological polar surface area (TPSA) is 18.5 Å². The lowest BCUT2D eigenvalue weighted by Gasteiger charge is -2.31. The van der Waals surface area contributed by atoms with Crippen molar-refractivity contribution in [1.82, 2.24) is 0 Å². The number of aryl methyl sites for hydroxylation is 1. The minimum atomic E-state index is -0.131. The predicted molar refractivity (Wildman–Crippen MR) is 80.8 cm³/mol. The lowest BCUT2D eigenvalue weighted by molar-refractivity contribution is -0.0451. The van der Waals surface area contributed by atoms with Crippen molar-refractivity contribution in [1.29, 1.82) is 0 Å². The average molecular weight is 274 g/mol. The fourth-order valence-corrected chi connectivity index (χ4v) is 3.86. The molecule has 1 saturated carbocycles. The van der Waals surface area contributed by atoms with Crippen LogP contribution in [0.3, 0.4) is 0 Å². The van der Waals surface area contributed by atoms with Crippen LogP contribution in [-0.4, -0.2) is 13.2 Å². The third-order valence-corrected chi connectivity index (χ3v) is 5.07. The van der Waals surface area contributed by atoms with E-state index in [-0.39, 0.29) is 6.29 Å². The zero-order valence-corrected chi connectivity index (χ0v) is 12.7. The Morgan fingerprint density at radius 3 is 2.40 bits per heavy atom. The predicted octanol–water partition coefficient (Wildman–Crippen LogP) is 4.72. The van der Waals surface area contributed by atoms with Crippen LogP contribution in [0, 0.1) is 12.8 Å². The zero-order chi connectivity index (χ0) is 13.9. The van der Waals surface area contributed by atoms with Gasteiger partial charge in [-0.1, -0.05) is 31.5 Å². The molecule has 0 aromatic heterocycles. The van der Waals surface area contributed by atoms with Crippen LogP contribution in [0.25, 0.3) is 0 Å². The molecule has 0 amide bonds. The van der Waals surface area contributed by atoms with Gasteiger partial charge in [0.15, 0.2) is 6.29 Å². The van der Waals surface area contributed by atoms with Crippen molar-refractivity contribution in [2.75, 3.05) is 13.2 Å². The summed E-state index contributed by atoms with van der Waals surface area (Å²) in [5.74, 6) is 1.64. The molecule has 1 aliphatic heterocycles. The standard InChI is InChI=1S/C18H26O2/c1-3-14-7-9-15(10-8-14)17-13(2)5-4-6-16(17)18-19-11-12-20-18/h4-6,14-15,18H,3,7-12H2,1-2H3. The Morgan fingerprint density at radius 2 is 1.75 bits per heavy atom.